The van der Waals surface area contributed by atoms with Crippen LogP contribution in [0.2, 0.25) is 0 Å². The third-order valence-corrected chi connectivity index (χ3v) is 19.1. The van der Waals surface area contributed by atoms with Crippen molar-refractivity contribution >= 4 is 0 Å². The minimum Gasteiger partial charge on any atom is -0.382 e. The number of rotatable bonds is 27. The molecule has 14 bridgehead atoms. The Labute approximate surface area is 568 Å². The quantitative estimate of drug-likeness (QED) is 0.0913. The first-order valence-electron chi connectivity index (χ1n) is 32.4. The molecule has 35 heteroatoms. The molecule has 0 aromatic carbocycles. The zero-order chi connectivity index (χ0) is 70.2. The highest BCUT2D eigenvalue weighted by Crippen LogP contribution is 2.43. The summed E-state index contributed by atoms with van der Waals surface area (Å²) in [5.41, 5.74) is 7.20. The second-order valence-corrected chi connectivity index (χ2v) is 24.4. The maximum absolute atomic E-state index is 7.20. The number of hydrogen-bond donors (Lipinski definition) is 1. The molecule has 35 nitrogen and oxygen atoms in total. The van der Waals surface area contributed by atoms with Crippen LogP contribution in [0.3, 0.4) is 0 Å². The Morgan fingerprint density at radius 3 is 0.454 bits per heavy atom. The largest absolute Gasteiger partial charge is 0.382 e. The van der Waals surface area contributed by atoms with E-state index in [1.54, 1.807) is 0 Å². The molecule has 568 valence electrons. The molecule has 0 saturated carbocycles. The van der Waals surface area contributed by atoms with Crippen molar-refractivity contribution in [3.8, 4) is 0 Å². The highest BCUT2D eigenvalue weighted by atomic mass is 16.8. The van der Waals surface area contributed by atoms with Crippen LogP contribution in [0.25, 0.3) is 0 Å². The lowest BCUT2D eigenvalue weighted by Gasteiger charge is -2.52. The van der Waals surface area contributed by atoms with E-state index < -0.39 is 215 Å². The molecule has 0 aromatic rings. The minimum absolute atomic E-state index is 0.0382. The highest BCUT2D eigenvalue weighted by Gasteiger charge is 2.62. The van der Waals surface area contributed by atoms with Crippen LogP contribution < -0.4 is 5.73 Å². The van der Waals surface area contributed by atoms with Crippen molar-refractivity contribution in [1.82, 2.24) is 0 Å². The van der Waals surface area contributed by atoms with Gasteiger partial charge in [0, 0.05) is 142 Å². The zero-order valence-electron chi connectivity index (χ0n) is 59.6. The van der Waals surface area contributed by atoms with Crippen molar-refractivity contribution in [2.75, 3.05) is 188 Å². The average Bonchev–Trinajstić information content (AvgIpc) is 0.776. The SMILES string of the molecule is COC[C@@H]1O[C@@H]2O[C@H]3[C@H](OC)[C@@H](OC)[C@@H](O[C@H]4[C@H](OC)[C@@H](OC)[C@@H](O[C@H]5[C@@H](OC)[C@H](OC)[C@@H](O[C@H]6[C@@H](OC)[C@H](OC)[C@@H](O[C@H]7[C@H](OC)[C@H](OC)[C@@H](O[C@H]8[C@H](OC)[C@H](N)[C@@H](O[C@H]1[C@H](OC)[C@H]2OC)O[C@@H]8COC)O[C@@H]7COC)O[C@@H]6COC)O[C@@H]5COC)O[C@H]4COC)O[C@H]3COC. The van der Waals surface area contributed by atoms with E-state index in [0.717, 1.165) is 0 Å². The first kappa shape index (κ1) is 81.3. The van der Waals surface area contributed by atoms with Crippen LogP contribution in [0, 0.1) is 0 Å². The van der Waals surface area contributed by atoms with Crippen molar-refractivity contribution in [3.63, 3.8) is 0 Å². The Bertz CT molecular complexity index is 2190. The molecule has 21 aliphatic rings. The summed E-state index contributed by atoms with van der Waals surface area (Å²) in [5, 5.41) is 0. The van der Waals surface area contributed by atoms with Crippen molar-refractivity contribution in [2.24, 2.45) is 5.73 Å². The number of ether oxygens (including phenoxy) is 34. The van der Waals surface area contributed by atoms with Gasteiger partial charge in [-0.15, -0.1) is 0 Å². The predicted octanol–water partition coefficient (Wildman–Crippen LogP) is -2.18. The Morgan fingerprint density at radius 2 is 0.309 bits per heavy atom. The summed E-state index contributed by atoms with van der Waals surface area (Å²) in [6.07, 6.45) is -34.9. The normalized spacial score (nSPS) is 46.4. The van der Waals surface area contributed by atoms with E-state index in [4.69, 9.17) is 167 Å². The van der Waals surface area contributed by atoms with E-state index in [-0.39, 0.29) is 46.2 Å². The molecule has 21 aliphatic heterocycles. The summed E-state index contributed by atoms with van der Waals surface area (Å²) in [6.45, 7) is -0.275. The van der Waals surface area contributed by atoms with Crippen LogP contribution in [-0.4, -0.2) is 403 Å². The molecule has 21 heterocycles. The van der Waals surface area contributed by atoms with Crippen LogP contribution in [0.4, 0.5) is 0 Å². The van der Waals surface area contributed by atoms with Crippen LogP contribution in [0.5, 0.6) is 0 Å². The average molecular weight is 1410 g/mol. The van der Waals surface area contributed by atoms with Gasteiger partial charge in [-0.25, -0.2) is 0 Å². The molecule has 97 heavy (non-hydrogen) atoms. The van der Waals surface area contributed by atoms with Gasteiger partial charge in [-0.3, -0.25) is 0 Å². The van der Waals surface area contributed by atoms with Gasteiger partial charge in [0.1, 0.15) is 165 Å². The summed E-state index contributed by atoms with van der Waals surface area (Å²) < 4.78 is 219. The summed E-state index contributed by atoms with van der Waals surface area (Å²) in [7, 11) is 30.1. The van der Waals surface area contributed by atoms with Crippen LogP contribution >= 0.6 is 0 Å². The molecule has 21 fully saturated rings. The third-order valence-electron chi connectivity index (χ3n) is 19.1. The lowest BCUT2D eigenvalue weighted by atomic mass is 9.94. The predicted molar refractivity (Wildman–Crippen MR) is 326 cm³/mol. The first-order chi connectivity index (χ1) is 47.1. The van der Waals surface area contributed by atoms with Gasteiger partial charge in [0.15, 0.2) is 44.0 Å². The molecule has 0 amide bonds. The molecule has 0 aromatic heterocycles. The van der Waals surface area contributed by atoms with Crippen LogP contribution in [-0.2, 0) is 161 Å². The lowest BCUT2D eigenvalue weighted by molar-refractivity contribution is -0.402. The number of hydrogen-bond acceptors (Lipinski definition) is 35. The maximum Gasteiger partial charge on any atom is 0.187 e. The van der Waals surface area contributed by atoms with Crippen LogP contribution in [0.15, 0.2) is 0 Å². The second kappa shape index (κ2) is 39.6. The number of methoxy groups -OCH3 is 20. The standard InChI is InChI=1S/C62H111NO34/c1-64-21-28-36-43(71-8)35(63)56(84-28)91-37-29(22-65-2)85-58(50(78-15)44(37)72-9)93-39-31(24-67-4)87-60(52(80-17)46(39)74-11)95-41-33(26-69-6)89-62(54(82-19)48(41)76-13)97-42-34(27-70-7)90-61(55(83-20)49(42)77-14)96-40-32(25-68-5)88-59(53(81-18)47(40)75-12)94-38-30(23-66-3)86-57(92-36)51(79-16)45(38)73-10/h28-62H,21-27,63H2,1-20H3/t28-,29+,30-,31+,32-,33+,34-,35+,36-,37-,38-,39-,40-,41-,42-,43-,44+,45+,46+,47-,48+,49-,50-,51+,52-,53+,54-,55+,56-,57-,58-,59-,60-,61-,62-/m1/s1. The lowest BCUT2D eigenvalue weighted by Crippen LogP contribution is -2.70. The first-order valence-corrected chi connectivity index (χ1v) is 32.4. The van der Waals surface area contributed by atoms with Gasteiger partial charge in [0.05, 0.1) is 52.3 Å². The van der Waals surface area contributed by atoms with Gasteiger partial charge in [0.2, 0.25) is 0 Å². The van der Waals surface area contributed by atoms with Gasteiger partial charge in [-0.1, -0.05) is 0 Å². The monoisotopic (exact) mass is 1410 g/mol. The Kier molecular flexibility index (Phi) is 33.2. The van der Waals surface area contributed by atoms with E-state index in [1.807, 2.05) is 0 Å². The zero-order valence-corrected chi connectivity index (χ0v) is 59.6. The van der Waals surface area contributed by atoms with Crippen LogP contribution in [0.1, 0.15) is 0 Å². The minimum atomic E-state index is -1.23. The summed E-state index contributed by atoms with van der Waals surface area (Å²) in [4.78, 5) is 0. The third kappa shape index (κ3) is 17.8. The fraction of sp³-hybridized carbons (Fsp3) is 1.00. The fourth-order valence-electron chi connectivity index (χ4n) is 14.7. The molecule has 0 spiro atoms. The number of nitrogens with two attached hydrogens (primary N) is 1. The Morgan fingerprint density at radius 1 is 0.175 bits per heavy atom. The molecule has 21 saturated heterocycles. The molecule has 0 radical (unpaired) electrons. The van der Waals surface area contributed by atoms with Crippen molar-refractivity contribution in [3.05, 3.63) is 0 Å². The molecule has 0 unspecified atom stereocenters. The smallest absolute Gasteiger partial charge is 0.187 e. The summed E-state index contributed by atoms with van der Waals surface area (Å²) in [6, 6.07) is -1.07. The molecule has 2 N–H and O–H groups in total. The van der Waals surface area contributed by atoms with E-state index in [1.165, 1.54) is 142 Å². The van der Waals surface area contributed by atoms with Gasteiger partial charge in [0.25, 0.3) is 0 Å². The fourth-order valence-corrected chi connectivity index (χ4v) is 14.7. The van der Waals surface area contributed by atoms with E-state index in [0.29, 0.717) is 0 Å². The topological polar surface area (TPSA) is 340 Å². The maximum atomic E-state index is 7.20. The molecular formula is C62H111NO34. The Hall–Kier alpha value is -1.40. The molecule has 35 atom stereocenters. The highest BCUT2D eigenvalue weighted by molar-refractivity contribution is 5.04. The van der Waals surface area contributed by atoms with Crippen molar-refractivity contribution in [2.45, 2.75) is 215 Å². The summed E-state index contributed by atoms with van der Waals surface area (Å²) in [5.74, 6) is 0. The summed E-state index contributed by atoms with van der Waals surface area (Å²) >= 11 is 0. The van der Waals surface area contributed by atoms with Crippen molar-refractivity contribution in [1.29, 1.82) is 0 Å². The second-order valence-electron chi connectivity index (χ2n) is 24.4. The van der Waals surface area contributed by atoms with Gasteiger partial charge < -0.3 is 167 Å². The van der Waals surface area contributed by atoms with Gasteiger partial charge in [-0.2, -0.15) is 0 Å². The van der Waals surface area contributed by atoms with Gasteiger partial charge in [-0.05, 0) is 0 Å². The van der Waals surface area contributed by atoms with Crippen molar-refractivity contribution < 1.29 is 161 Å². The van der Waals surface area contributed by atoms with E-state index in [9.17, 15) is 0 Å². The molecule has 0 aliphatic carbocycles. The molecular weight excluding hydrogens is 1300 g/mol. The Balaban J connectivity index is 1.23. The molecule has 21 rings (SSSR count). The van der Waals surface area contributed by atoms with E-state index >= 15 is 0 Å². The van der Waals surface area contributed by atoms with Gasteiger partial charge >= 0.3 is 0 Å². The van der Waals surface area contributed by atoms with E-state index in [2.05, 4.69) is 0 Å².